The highest BCUT2D eigenvalue weighted by molar-refractivity contribution is 5.40. The molecule has 1 aliphatic rings. The molecule has 0 spiro atoms. The van der Waals surface area contributed by atoms with E-state index in [0.717, 1.165) is 0 Å². The minimum Gasteiger partial charge on any atom is -0.211 e. The van der Waals surface area contributed by atoms with Crippen molar-refractivity contribution >= 4 is 0 Å². The van der Waals surface area contributed by atoms with E-state index >= 15 is 0 Å². The van der Waals surface area contributed by atoms with Crippen molar-refractivity contribution in [2.45, 2.75) is 27.2 Å². The first-order valence-corrected chi connectivity index (χ1v) is 4.37. The average Bonchev–Trinajstić information content (AvgIpc) is 2.34. The molecule has 0 aromatic rings. The quantitative estimate of drug-likeness (QED) is 0.556. The molecule has 0 fully saturated rings. The van der Waals surface area contributed by atoms with Crippen LogP contribution in [0.5, 0.6) is 0 Å². The molecule has 0 heterocycles. The molecular weight excluding hydrogens is 165 g/mol. The van der Waals surface area contributed by atoms with E-state index in [2.05, 4.69) is 0 Å². The molecule has 0 N–H and O–H groups in total. The first-order valence-electron chi connectivity index (χ1n) is 4.37. The van der Waals surface area contributed by atoms with Gasteiger partial charge in [0, 0.05) is 12.0 Å². The Bertz CT molecular complexity index is 290. The summed E-state index contributed by atoms with van der Waals surface area (Å²) in [6.45, 7) is 5.69. The van der Waals surface area contributed by atoms with Crippen molar-refractivity contribution in [1.29, 1.82) is 5.26 Å². The number of hydrogen-bond acceptors (Lipinski definition) is 1. The fraction of sp³-hybridized carbons (Fsp3) is 0.364. The fourth-order valence-corrected chi connectivity index (χ4v) is 0.817. The monoisotopic (exact) mass is 179 g/mol. The van der Waals surface area contributed by atoms with Crippen LogP contribution in [0.25, 0.3) is 0 Å². The van der Waals surface area contributed by atoms with Crippen LogP contribution in [0, 0.1) is 11.3 Å². The van der Waals surface area contributed by atoms with Crippen LogP contribution in [0.15, 0.2) is 35.2 Å². The summed E-state index contributed by atoms with van der Waals surface area (Å²) >= 11 is 0. The lowest BCUT2D eigenvalue weighted by Gasteiger charge is -1.91. The second kappa shape index (κ2) is 6.19. The van der Waals surface area contributed by atoms with Crippen LogP contribution in [-0.2, 0) is 0 Å². The maximum absolute atomic E-state index is 12.8. The Morgan fingerprint density at radius 2 is 2.00 bits per heavy atom. The van der Waals surface area contributed by atoms with Crippen molar-refractivity contribution < 1.29 is 4.39 Å². The predicted molar refractivity (Wildman–Crippen MR) is 52.6 cm³/mol. The third-order valence-corrected chi connectivity index (χ3v) is 1.57. The highest BCUT2D eigenvalue weighted by Crippen LogP contribution is 2.17. The van der Waals surface area contributed by atoms with Crippen molar-refractivity contribution in [2.24, 2.45) is 0 Å². The van der Waals surface area contributed by atoms with Crippen molar-refractivity contribution in [3.8, 4) is 6.07 Å². The highest BCUT2D eigenvalue weighted by atomic mass is 19.1. The Hall–Kier alpha value is -1.36. The fourth-order valence-electron chi connectivity index (χ4n) is 0.817. The van der Waals surface area contributed by atoms with Crippen LogP contribution in [0.1, 0.15) is 27.2 Å². The minimum atomic E-state index is -0.161. The Labute approximate surface area is 78.9 Å². The summed E-state index contributed by atoms with van der Waals surface area (Å²) in [7, 11) is 0. The molecule has 0 radical (unpaired) electrons. The summed E-state index contributed by atoms with van der Waals surface area (Å²) in [5.41, 5.74) is 1.13. The van der Waals surface area contributed by atoms with E-state index < -0.39 is 0 Å². The summed E-state index contributed by atoms with van der Waals surface area (Å²) in [6, 6.07) is 1.97. The van der Waals surface area contributed by atoms with Crippen LogP contribution < -0.4 is 0 Å². The van der Waals surface area contributed by atoms with Crippen molar-refractivity contribution in [2.75, 3.05) is 0 Å². The maximum Gasteiger partial charge on any atom is 0.107 e. The van der Waals surface area contributed by atoms with E-state index in [1.807, 2.05) is 19.9 Å². The molecule has 70 valence electrons. The lowest BCUT2D eigenvalue weighted by Crippen LogP contribution is -1.74. The second-order valence-electron chi connectivity index (χ2n) is 2.40. The molecule has 0 amide bonds. The summed E-state index contributed by atoms with van der Waals surface area (Å²) in [6.07, 6.45) is 5.07. The maximum atomic E-state index is 12.8. The molecule has 13 heavy (non-hydrogen) atoms. The van der Waals surface area contributed by atoms with Gasteiger partial charge in [0.25, 0.3) is 0 Å². The van der Waals surface area contributed by atoms with Gasteiger partial charge < -0.3 is 0 Å². The molecule has 0 aromatic heterocycles. The Balaban J connectivity index is 0.000000671. The standard InChI is InChI=1S/C9H8FN.C2H6/c1-7-2-3-8(6-11)4-5-9(7)10;1-2/h2-4H,5H2,1H3;1-2H3. The normalized spacial score (nSPS) is 15.2. The molecule has 1 nitrogen and oxygen atoms in total. The van der Waals surface area contributed by atoms with Gasteiger partial charge in [0.05, 0.1) is 6.07 Å². The van der Waals surface area contributed by atoms with Gasteiger partial charge >= 0.3 is 0 Å². The van der Waals surface area contributed by atoms with Crippen LogP contribution in [0.2, 0.25) is 0 Å². The van der Waals surface area contributed by atoms with Gasteiger partial charge in [-0.15, -0.1) is 0 Å². The number of allylic oxidation sites excluding steroid dienone is 6. The second-order valence-corrected chi connectivity index (χ2v) is 2.40. The van der Waals surface area contributed by atoms with Crippen molar-refractivity contribution in [1.82, 2.24) is 0 Å². The Morgan fingerprint density at radius 1 is 1.38 bits per heavy atom. The predicted octanol–water partition coefficient (Wildman–Crippen LogP) is 3.67. The zero-order valence-corrected chi connectivity index (χ0v) is 8.26. The first kappa shape index (κ1) is 11.6. The van der Waals surface area contributed by atoms with Gasteiger partial charge in [0.15, 0.2) is 0 Å². The van der Waals surface area contributed by atoms with Gasteiger partial charge in [-0.05, 0) is 18.6 Å². The topological polar surface area (TPSA) is 23.8 Å². The van der Waals surface area contributed by atoms with Crippen molar-refractivity contribution in [3.63, 3.8) is 0 Å². The van der Waals surface area contributed by atoms with Gasteiger partial charge in [-0.1, -0.05) is 26.0 Å². The molecule has 2 heteroatoms. The summed E-state index contributed by atoms with van der Waals surface area (Å²) < 4.78 is 12.8. The van der Waals surface area contributed by atoms with Crippen LogP contribution in [-0.4, -0.2) is 0 Å². The number of nitrogens with zero attached hydrogens (tertiary/aromatic N) is 1. The summed E-state index contributed by atoms with van der Waals surface area (Å²) in [5, 5.41) is 8.48. The molecule has 0 unspecified atom stereocenters. The molecule has 0 saturated carbocycles. The Morgan fingerprint density at radius 3 is 2.54 bits per heavy atom. The number of nitriles is 1. The highest BCUT2D eigenvalue weighted by Gasteiger charge is 2.01. The number of hydrogen-bond donors (Lipinski definition) is 0. The first-order chi connectivity index (χ1) is 6.24. The van der Waals surface area contributed by atoms with Crippen LogP contribution >= 0.6 is 0 Å². The van der Waals surface area contributed by atoms with Crippen LogP contribution in [0.4, 0.5) is 4.39 Å². The zero-order valence-electron chi connectivity index (χ0n) is 8.26. The van der Waals surface area contributed by atoms with Gasteiger partial charge in [-0.25, -0.2) is 4.39 Å². The molecule has 0 bridgehead atoms. The average molecular weight is 179 g/mol. The Kier molecular flexibility index (Phi) is 5.54. The zero-order chi connectivity index (χ0) is 10.3. The van der Waals surface area contributed by atoms with E-state index in [-0.39, 0.29) is 12.2 Å². The van der Waals surface area contributed by atoms with Gasteiger partial charge in [0.2, 0.25) is 0 Å². The number of rotatable bonds is 0. The smallest absolute Gasteiger partial charge is 0.107 e. The third-order valence-electron chi connectivity index (χ3n) is 1.57. The lowest BCUT2D eigenvalue weighted by molar-refractivity contribution is 0.609. The van der Waals surface area contributed by atoms with Gasteiger partial charge in [-0.2, -0.15) is 5.26 Å². The summed E-state index contributed by atoms with van der Waals surface area (Å²) in [4.78, 5) is 0. The number of halogens is 1. The minimum absolute atomic E-state index is 0.161. The van der Waals surface area contributed by atoms with E-state index in [9.17, 15) is 4.39 Å². The molecular formula is C11H14FN. The molecule has 0 aliphatic heterocycles. The van der Waals surface area contributed by atoms with Gasteiger partial charge in [-0.3, -0.25) is 0 Å². The molecule has 0 saturated heterocycles. The van der Waals surface area contributed by atoms with Crippen molar-refractivity contribution in [3.05, 3.63) is 35.2 Å². The largest absolute Gasteiger partial charge is 0.211 e. The third kappa shape index (κ3) is 3.71. The molecule has 1 rings (SSSR count). The van der Waals surface area contributed by atoms with Gasteiger partial charge in [0.1, 0.15) is 5.83 Å². The van der Waals surface area contributed by atoms with E-state index in [4.69, 9.17) is 5.26 Å². The molecule has 1 aliphatic carbocycles. The molecule has 0 aromatic carbocycles. The molecule has 0 atom stereocenters. The lowest BCUT2D eigenvalue weighted by atomic mass is 10.2. The van der Waals surface area contributed by atoms with E-state index in [0.29, 0.717) is 11.1 Å². The SMILES string of the molecule is CC.CC1=C(F)CC=C(C#N)C=C1. The van der Waals surface area contributed by atoms with Crippen LogP contribution in [0.3, 0.4) is 0 Å². The van der Waals surface area contributed by atoms with E-state index in [1.165, 1.54) is 0 Å². The van der Waals surface area contributed by atoms with E-state index in [1.54, 1.807) is 25.2 Å². The summed E-state index contributed by atoms with van der Waals surface area (Å²) in [5.74, 6) is -0.161.